The van der Waals surface area contributed by atoms with Gasteiger partial charge in [-0.3, -0.25) is 0 Å². The van der Waals surface area contributed by atoms with Gasteiger partial charge in [-0.15, -0.1) is 0 Å². The van der Waals surface area contributed by atoms with Crippen LogP contribution in [0.25, 0.3) is 0 Å². The van der Waals surface area contributed by atoms with Crippen LogP contribution in [0, 0.1) is 11.8 Å². The standard InChI is InChI=1S/C16H33NO/c1-4-11-17-16(10-7-12-18-5-2)15-9-6-8-14(3)13-15/h14-17H,4-13H2,1-3H3. The Kier molecular flexibility index (Phi) is 8.70. The van der Waals surface area contributed by atoms with Gasteiger partial charge in [-0.05, 0) is 57.4 Å². The highest BCUT2D eigenvalue weighted by Crippen LogP contribution is 2.32. The van der Waals surface area contributed by atoms with E-state index in [4.69, 9.17) is 4.74 Å². The van der Waals surface area contributed by atoms with Gasteiger partial charge in [0, 0.05) is 19.3 Å². The lowest BCUT2D eigenvalue weighted by molar-refractivity contribution is 0.133. The summed E-state index contributed by atoms with van der Waals surface area (Å²) < 4.78 is 5.47. The molecule has 18 heavy (non-hydrogen) atoms. The molecule has 1 fully saturated rings. The molecule has 108 valence electrons. The molecule has 0 aromatic carbocycles. The third kappa shape index (κ3) is 6.19. The molecule has 1 rings (SSSR count). The Labute approximate surface area is 114 Å². The molecule has 2 heteroatoms. The number of rotatable bonds is 9. The Morgan fingerprint density at radius 3 is 2.78 bits per heavy atom. The fourth-order valence-electron chi connectivity index (χ4n) is 3.23. The first-order valence-corrected chi connectivity index (χ1v) is 8.09. The van der Waals surface area contributed by atoms with Crippen LogP contribution in [0.2, 0.25) is 0 Å². The number of hydrogen-bond donors (Lipinski definition) is 1. The molecule has 0 amide bonds. The van der Waals surface area contributed by atoms with Crippen LogP contribution in [0.1, 0.15) is 65.7 Å². The van der Waals surface area contributed by atoms with E-state index in [-0.39, 0.29) is 0 Å². The van der Waals surface area contributed by atoms with Gasteiger partial charge in [-0.25, -0.2) is 0 Å². The summed E-state index contributed by atoms with van der Waals surface area (Å²) in [4.78, 5) is 0. The molecule has 1 aliphatic carbocycles. The van der Waals surface area contributed by atoms with Crippen molar-refractivity contribution >= 4 is 0 Å². The molecule has 2 nitrogen and oxygen atoms in total. The number of hydrogen-bond acceptors (Lipinski definition) is 2. The SMILES string of the molecule is CCCNC(CCCOCC)C1CCCC(C)C1. The van der Waals surface area contributed by atoms with Crippen LogP contribution in [0.4, 0.5) is 0 Å². The largest absolute Gasteiger partial charge is 0.382 e. The van der Waals surface area contributed by atoms with Crippen molar-refractivity contribution in [2.24, 2.45) is 11.8 Å². The highest BCUT2D eigenvalue weighted by Gasteiger charge is 2.25. The fourth-order valence-corrected chi connectivity index (χ4v) is 3.23. The minimum atomic E-state index is 0.730. The number of nitrogens with one attached hydrogen (secondary N) is 1. The summed E-state index contributed by atoms with van der Waals surface area (Å²) in [6.45, 7) is 9.72. The third-order valence-corrected chi connectivity index (χ3v) is 4.21. The van der Waals surface area contributed by atoms with E-state index in [1.165, 1.54) is 51.5 Å². The molecule has 1 N–H and O–H groups in total. The lowest BCUT2D eigenvalue weighted by atomic mass is 9.77. The second-order valence-corrected chi connectivity index (χ2v) is 5.93. The highest BCUT2D eigenvalue weighted by atomic mass is 16.5. The van der Waals surface area contributed by atoms with Crippen molar-refractivity contribution in [3.8, 4) is 0 Å². The summed E-state index contributed by atoms with van der Waals surface area (Å²) in [5.74, 6) is 1.84. The van der Waals surface area contributed by atoms with E-state index >= 15 is 0 Å². The molecule has 3 unspecified atom stereocenters. The van der Waals surface area contributed by atoms with Crippen molar-refractivity contribution in [2.45, 2.75) is 71.8 Å². The zero-order valence-corrected chi connectivity index (χ0v) is 12.7. The van der Waals surface area contributed by atoms with Crippen molar-refractivity contribution in [3.05, 3.63) is 0 Å². The summed E-state index contributed by atoms with van der Waals surface area (Å²) in [6, 6.07) is 0.730. The van der Waals surface area contributed by atoms with E-state index in [0.717, 1.165) is 31.1 Å². The maximum Gasteiger partial charge on any atom is 0.0466 e. The van der Waals surface area contributed by atoms with E-state index in [2.05, 4.69) is 26.1 Å². The molecule has 0 aliphatic heterocycles. The quantitative estimate of drug-likeness (QED) is 0.629. The van der Waals surface area contributed by atoms with E-state index in [0.29, 0.717) is 0 Å². The van der Waals surface area contributed by atoms with Crippen LogP contribution >= 0.6 is 0 Å². The average molecular weight is 255 g/mol. The second kappa shape index (κ2) is 9.80. The first-order valence-electron chi connectivity index (χ1n) is 8.09. The van der Waals surface area contributed by atoms with Crippen LogP contribution < -0.4 is 5.32 Å². The predicted octanol–water partition coefficient (Wildman–Crippen LogP) is 4.00. The first-order chi connectivity index (χ1) is 8.77. The average Bonchev–Trinajstić information content (AvgIpc) is 2.38. The second-order valence-electron chi connectivity index (χ2n) is 5.93. The Bertz CT molecular complexity index is 196. The van der Waals surface area contributed by atoms with Gasteiger partial charge >= 0.3 is 0 Å². The van der Waals surface area contributed by atoms with Gasteiger partial charge in [-0.1, -0.05) is 26.7 Å². The van der Waals surface area contributed by atoms with Crippen LogP contribution in [-0.2, 0) is 4.74 Å². The fraction of sp³-hybridized carbons (Fsp3) is 1.00. The molecule has 0 bridgehead atoms. The lowest BCUT2D eigenvalue weighted by Crippen LogP contribution is -2.39. The molecule has 0 aromatic heterocycles. The normalized spacial score (nSPS) is 26.2. The molecule has 0 heterocycles. The maximum absolute atomic E-state index is 5.47. The number of ether oxygens (including phenoxy) is 1. The van der Waals surface area contributed by atoms with Gasteiger partial charge in [0.1, 0.15) is 0 Å². The van der Waals surface area contributed by atoms with E-state index in [9.17, 15) is 0 Å². The third-order valence-electron chi connectivity index (χ3n) is 4.21. The molecule has 0 spiro atoms. The smallest absolute Gasteiger partial charge is 0.0466 e. The van der Waals surface area contributed by atoms with Crippen LogP contribution in [0.15, 0.2) is 0 Å². The molecule has 0 aromatic rings. The minimum Gasteiger partial charge on any atom is -0.382 e. The van der Waals surface area contributed by atoms with Crippen LogP contribution in [0.3, 0.4) is 0 Å². The maximum atomic E-state index is 5.47. The summed E-state index contributed by atoms with van der Waals surface area (Å²) in [6.07, 6.45) is 9.47. The topological polar surface area (TPSA) is 21.3 Å². The predicted molar refractivity (Wildman–Crippen MR) is 78.9 cm³/mol. The van der Waals surface area contributed by atoms with Gasteiger partial charge in [0.25, 0.3) is 0 Å². The molecule has 0 saturated heterocycles. The highest BCUT2D eigenvalue weighted by molar-refractivity contribution is 4.81. The Balaban J connectivity index is 2.33. The van der Waals surface area contributed by atoms with Gasteiger partial charge in [0.2, 0.25) is 0 Å². The molecule has 1 aliphatic rings. The Morgan fingerprint density at radius 1 is 1.28 bits per heavy atom. The summed E-state index contributed by atoms with van der Waals surface area (Å²) in [5.41, 5.74) is 0. The molecule has 1 saturated carbocycles. The van der Waals surface area contributed by atoms with Crippen LogP contribution in [0.5, 0.6) is 0 Å². The van der Waals surface area contributed by atoms with E-state index in [1.807, 2.05) is 0 Å². The Morgan fingerprint density at radius 2 is 2.11 bits per heavy atom. The minimum absolute atomic E-state index is 0.730. The van der Waals surface area contributed by atoms with Crippen molar-refractivity contribution < 1.29 is 4.74 Å². The van der Waals surface area contributed by atoms with Crippen molar-refractivity contribution in [3.63, 3.8) is 0 Å². The van der Waals surface area contributed by atoms with Crippen molar-refractivity contribution in [1.82, 2.24) is 5.32 Å². The van der Waals surface area contributed by atoms with Gasteiger partial charge in [-0.2, -0.15) is 0 Å². The molecule has 0 radical (unpaired) electrons. The zero-order valence-electron chi connectivity index (χ0n) is 12.7. The summed E-state index contributed by atoms with van der Waals surface area (Å²) in [5, 5.41) is 3.78. The van der Waals surface area contributed by atoms with Gasteiger partial charge < -0.3 is 10.1 Å². The van der Waals surface area contributed by atoms with Crippen molar-refractivity contribution in [1.29, 1.82) is 0 Å². The molecular weight excluding hydrogens is 222 g/mol. The monoisotopic (exact) mass is 255 g/mol. The van der Waals surface area contributed by atoms with Gasteiger partial charge in [0.15, 0.2) is 0 Å². The Hall–Kier alpha value is -0.0800. The van der Waals surface area contributed by atoms with Crippen molar-refractivity contribution in [2.75, 3.05) is 19.8 Å². The molecular formula is C16H33NO. The zero-order chi connectivity index (χ0) is 13.2. The van der Waals surface area contributed by atoms with E-state index in [1.54, 1.807) is 0 Å². The lowest BCUT2D eigenvalue weighted by Gasteiger charge is -2.34. The summed E-state index contributed by atoms with van der Waals surface area (Å²) >= 11 is 0. The molecule has 3 atom stereocenters. The van der Waals surface area contributed by atoms with E-state index < -0.39 is 0 Å². The summed E-state index contributed by atoms with van der Waals surface area (Å²) in [7, 11) is 0. The first kappa shape index (κ1) is 16.0. The van der Waals surface area contributed by atoms with Gasteiger partial charge in [0.05, 0.1) is 0 Å². The van der Waals surface area contributed by atoms with Crippen LogP contribution in [-0.4, -0.2) is 25.8 Å².